The van der Waals surface area contributed by atoms with E-state index in [0.29, 0.717) is 4.77 Å². The lowest BCUT2D eigenvalue weighted by molar-refractivity contribution is 0.412. The highest BCUT2D eigenvalue weighted by atomic mass is 79.9. The van der Waals surface area contributed by atoms with Crippen LogP contribution in [-0.4, -0.2) is 16.7 Å². The lowest BCUT2D eigenvalue weighted by Crippen LogP contribution is -1.95. The van der Waals surface area contributed by atoms with Crippen LogP contribution in [0.2, 0.25) is 0 Å². The highest BCUT2D eigenvalue weighted by molar-refractivity contribution is 9.10. The molecular weight excluding hydrogens is 336 g/mol. The summed E-state index contributed by atoms with van der Waals surface area (Å²) in [6.45, 7) is 2.07. The molecule has 0 aliphatic heterocycles. The van der Waals surface area contributed by atoms with Gasteiger partial charge in [-0.3, -0.25) is 4.57 Å². The molecule has 0 spiro atoms. The Bertz CT molecular complexity index is 851. The minimum Gasteiger partial charge on any atom is -0.496 e. The molecule has 0 aliphatic carbocycles. The van der Waals surface area contributed by atoms with Gasteiger partial charge in [0.1, 0.15) is 5.75 Å². The first kappa shape index (κ1) is 13.4. The van der Waals surface area contributed by atoms with Crippen LogP contribution >= 0.6 is 28.1 Å². The van der Waals surface area contributed by atoms with Gasteiger partial charge in [-0.25, -0.2) is 0 Å². The van der Waals surface area contributed by atoms with Gasteiger partial charge in [0, 0.05) is 5.69 Å². The number of benzene rings is 2. The molecular formula is C15H13BrN2OS. The molecule has 0 bridgehead atoms. The first-order valence-corrected chi connectivity index (χ1v) is 7.35. The number of aromatic nitrogens is 2. The van der Waals surface area contributed by atoms with Crippen LogP contribution in [-0.2, 0) is 0 Å². The van der Waals surface area contributed by atoms with Crippen LogP contribution in [0.1, 0.15) is 5.56 Å². The van der Waals surface area contributed by atoms with E-state index < -0.39 is 0 Å². The van der Waals surface area contributed by atoms with Gasteiger partial charge < -0.3 is 9.72 Å². The number of aromatic amines is 1. The average molecular weight is 349 g/mol. The van der Waals surface area contributed by atoms with E-state index in [4.69, 9.17) is 17.0 Å². The van der Waals surface area contributed by atoms with Crippen molar-refractivity contribution < 1.29 is 4.74 Å². The van der Waals surface area contributed by atoms with Crippen molar-refractivity contribution in [3.63, 3.8) is 0 Å². The summed E-state index contributed by atoms with van der Waals surface area (Å²) < 4.78 is 8.88. The lowest BCUT2D eigenvalue weighted by atomic mass is 10.2. The Labute approximate surface area is 130 Å². The predicted octanol–water partition coefficient (Wildman–Crippen LogP) is 4.77. The minimum atomic E-state index is 0.683. The Hall–Kier alpha value is -1.59. The normalized spacial score (nSPS) is 10.9. The number of imidazole rings is 1. The summed E-state index contributed by atoms with van der Waals surface area (Å²) >= 11 is 8.96. The number of H-pyrrole nitrogens is 1. The molecule has 0 aliphatic rings. The Morgan fingerprint density at radius 1 is 1.20 bits per heavy atom. The van der Waals surface area contributed by atoms with E-state index in [1.54, 1.807) is 7.11 Å². The van der Waals surface area contributed by atoms with Gasteiger partial charge in [0.2, 0.25) is 0 Å². The first-order valence-electron chi connectivity index (χ1n) is 6.15. The summed E-state index contributed by atoms with van der Waals surface area (Å²) in [5, 5.41) is 0. The molecule has 1 heterocycles. The summed E-state index contributed by atoms with van der Waals surface area (Å²) in [5.74, 6) is 0.802. The van der Waals surface area contributed by atoms with Crippen LogP contribution in [0.25, 0.3) is 16.7 Å². The largest absolute Gasteiger partial charge is 0.496 e. The number of nitrogens with one attached hydrogen (secondary N) is 1. The van der Waals surface area contributed by atoms with Gasteiger partial charge in [-0.15, -0.1) is 0 Å². The second kappa shape index (κ2) is 5.07. The van der Waals surface area contributed by atoms with Crippen molar-refractivity contribution in [1.29, 1.82) is 0 Å². The molecule has 0 unspecified atom stereocenters. The molecule has 3 rings (SSSR count). The van der Waals surface area contributed by atoms with Crippen molar-refractivity contribution in [2.45, 2.75) is 6.92 Å². The zero-order chi connectivity index (χ0) is 14.3. The number of fused-ring (bicyclic) bond motifs is 1. The SMILES string of the molecule is COc1ccc(-n2c(=S)[nH]c3ccc(C)cc32)cc1Br. The standard InChI is InChI=1S/C15H13BrN2OS/c1-9-3-5-12-13(7-9)18(15(20)17-12)10-4-6-14(19-2)11(16)8-10/h3-8H,1-2H3,(H,17,20). The third-order valence-corrected chi connectivity index (χ3v) is 4.14. The van der Waals surface area contributed by atoms with Crippen LogP contribution in [0.5, 0.6) is 5.75 Å². The average Bonchev–Trinajstić information content (AvgIpc) is 2.74. The van der Waals surface area contributed by atoms with Crippen molar-refractivity contribution in [3.8, 4) is 11.4 Å². The highest BCUT2D eigenvalue weighted by Crippen LogP contribution is 2.29. The van der Waals surface area contributed by atoms with Gasteiger partial charge in [-0.05, 0) is 71.0 Å². The van der Waals surface area contributed by atoms with Gasteiger partial charge in [-0.2, -0.15) is 0 Å². The first-order chi connectivity index (χ1) is 9.60. The number of ether oxygens (including phenoxy) is 1. The maximum atomic E-state index is 5.44. The number of methoxy groups -OCH3 is 1. The van der Waals surface area contributed by atoms with Gasteiger partial charge in [-0.1, -0.05) is 6.07 Å². The van der Waals surface area contributed by atoms with Gasteiger partial charge in [0.05, 0.1) is 22.6 Å². The maximum Gasteiger partial charge on any atom is 0.182 e. The number of hydrogen-bond donors (Lipinski definition) is 1. The fraction of sp³-hybridized carbons (Fsp3) is 0.133. The van der Waals surface area contributed by atoms with E-state index in [9.17, 15) is 0 Å². The molecule has 0 saturated carbocycles. The summed E-state index contributed by atoms with van der Waals surface area (Å²) in [5.41, 5.74) is 4.31. The zero-order valence-electron chi connectivity index (χ0n) is 11.1. The second-order valence-corrected chi connectivity index (χ2v) is 5.85. The molecule has 3 nitrogen and oxygen atoms in total. The van der Waals surface area contributed by atoms with Gasteiger partial charge in [0.25, 0.3) is 0 Å². The fourth-order valence-electron chi connectivity index (χ4n) is 2.26. The van der Waals surface area contributed by atoms with Crippen molar-refractivity contribution in [3.05, 3.63) is 51.2 Å². The Morgan fingerprint density at radius 3 is 2.70 bits per heavy atom. The lowest BCUT2D eigenvalue weighted by Gasteiger charge is -2.08. The molecule has 20 heavy (non-hydrogen) atoms. The summed E-state index contributed by atoms with van der Waals surface area (Å²) in [4.78, 5) is 3.23. The van der Waals surface area contributed by atoms with E-state index in [2.05, 4.69) is 46.0 Å². The summed E-state index contributed by atoms with van der Waals surface area (Å²) in [6, 6.07) is 12.2. The third-order valence-electron chi connectivity index (χ3n) is 3.23. The molecule has 1 N–H and O–H groups in total. The molecule has 1 aromatic heterocycles. The smallest absolute Gasteiger partial charge is 0.182 e. The Kier molecular flexibility index (Phi) is 3.40. The van der Waals surface area contributed by atoms with E-state index in [-0.39, 0.29) is 0 Å². The highest BCUT2D eigenvalue weighted by Gasteiger charge is 2.09. The van der Waals surface area contributed by atoms with Crippen LogP contribution in [0.15, 0.2) is 40.9 Å². The summed E-state index contributed by atoms with van der Waals surface area (Å²) in [6.07, 6.45) is 0. The van der Waals surface area contributed by atoms with E-state index in [1.807, 2.05) is 22.8 Å². The number of aryl methyl sites for hydroxylation is 1. The van der Waals surface area contributed by atoms with Gasteiger partial charge in [0.15, 0.2) is 4.77 Å². The molecule has 0 radical (unpaired) electrons. The molecule has 0 amide bonds. The Balaban J connectivity index is 2.28. The van der Waals surface area contributed by atoms with E-state index in [1.165, 1.54) is 5.56 Å². The van der Waals surface area contributed by atoms with Crippen LogP contribution in [0, 0.1) is 11.7 Å². The van der Waals surface area contributed by atoms with Gasteiger partial charge >= 0.3 is 0 Å². The molecule has 3 aromatic rings. The quantitative estimate of drug-likeness (QED) is 0.676. The molecule has 102 valence electrons. The van der Waals surface area contributed by atoms with E-state index >= 15 is 0 Å². The van der Waals surface area contributed by atoms with Crippen LogP contribution < -0.4 is 4.74 Å². The molecule has 5 heteroatoms. The number of rotatable bonds is 2. The predicted molar refractivity (Wildman–Crippen MR) is 87.4 cm³/mol. The molecule has 0 atom stereocenters. The van der Waals surface area contributed by atoms with E-state index in [0.717, 1.165) is 26.9 Å². The number of halogens is 1. The monoisotopic (exact) mass is 348 g/mol. The van der Waals surface area contributed by atoms with Crippen molar-refractivity contribution in [1.82, 2.24) is 9.55 Å². The van der Waals surface area contributed by atoms with Crippen LogP contribution in [0.3, 0.4) is 0 Å². The number of nitrogens with zero attached hydrogens (tertiary/aromatic N) is 1. The summed E-state index contributed by atoms with van der Waals surface area (Å²) in [7, 11) is 1.65. The van der Waals surface area contributed by atoms with Crippen molar-refractivity contribution >= 4 is 39.2 Å². The molecule has 0 saturated heterocycles. The second-order valence-electron chi connectivity index (χ2n) is 4.61. The Morgan fingerprint density at radius 2 is 2.00 bits per heavy atom. The molecule has 0 fully saturated rings. The molecule has 2 aromatic carbocycles. The zero-order valence-corrected chi connectivity index (χ0v) is 13.5. The fourth-order valence-corrected chi connectivity index (χ4v) is 3.11. The minimum absolute atomic E-state index is 0.683. The number of hydrogen-bond acceptors (Lipinski definition) is 2. The van der Waals surface area contributed by atoms with Crippen molar-refractivity contribution in [2.24, 2.45) is 0 Å². The maximum absolute atomic E-state index is 5.44. The van der Waals surface area contributed by atoms with Crippen molar-refractivity contribution in [2.75, 3.05) is 7.11 Å². The topological polar surface area (TPSA) is 29.9 Å². The third kappa shape index (κ3) is 2.17. The van der Waals surface area contributed by atoms with Crippen LogP contribution in [0.4, 0.5) is 0 Å².